The van der Waals surface area contributed by atoms with Crippen LogP contribution in [0.25, 0.3) is 0 Å². The summed E-state index contributed by atoms with van der Waals surface area (Å²) in [7, 11) is 0. The Hall–Kier alpha value is -1.61. The highest BCUT2D eigenvalue weighted by molar-refractivity contribution is 5.81. The number of hydrogen-bond donors (Lipinski definition) is 1. The van der Waals surface area contributed by atoms with Crippen LogP contribution in [-0.4, -0.2) is 12.5 Å². The molecule has 0 heterocycles. The van der Waals surface area contributed by atoms with Gasteiger partial charge in [0.2, 0.25) is 0 Å². The number of ether oxygens (including phenoxy) is 1. The van der Waals surface area contributed by atoms with Gasteiger partial charge in [-0.25, -0.2) is 4.79 Å². The van der Waals surface area contributed by atoms with Gasteiger partial charge in [0, 0.05) is 12.6 Å². The van der Waals surface area contributed by atoms with Gasteiger partial charge in [0.25, 0.3) is 0 Å². The fourth-order valence-electron chi connectivity index (χ4n) is 1.47. The Bertz CT molecular complexity index is 413. The topological polar surface area (TPSA) is 52.3 Å². The molecule has 18 heavy (non-hydrogen) atoms. The van der Waals surface area contributed by atoms with E-state index < -0.39 is 0 Å². The molecule has 1 aromatic carbocycles. The Morgan fingerprint density at radius 1 is 1.28 bits per heavy atom. The van der Waals surface area contributed by atoms with E-state index in [0.717, 1.165) is 5.56 Å². The van der Waals surface area contributed by atoms with Crippen LogP contribution in [0, 0.1) is 0 Å². The van der Waals surface area contributed by atoms with Crippen molar-refractivity contribution in [3.05, 3.63) is 47.5 Å². The van der Waals surface area contributed by atoms with E-state index in [-0.39, 0.29) is 18.0 Å². The summed E-state index contributed by atoms with van der Waals surface area (Å²) >= 11 is 0. The van der Waals surface area contributed by atoms with E-state index in [4.69, 9.17) is 10.5 Å². The average Bonchev–Trinajstić information content (AvgIpc) is 2.33. The van der Waals surface area contributed by atoms with Crippen molar-refractivity contribution in [3.63, 3.8) is 0 Å². The zero-order valence-corrected chi connectivity index (χ0v) is 11.3. The molecule has 0 atom stereocenters. The smallest absolute Gasteiger partial charge is 0.330 e. The van der Waals surface area contributed by atoms with Crippen LogP contribution in [0.2, 0.25) is 0 Å². The lowest BCUT2D eigenvalue weighted by Crippen LogP contribution is -2.11. The van der Waals surface area contributed by atoms with Gasteiger partial charge in [-0.05, 0) is 16.5 Å². The maximum atomic E-state index is 11.2. The van der Waals surface area contributed by atoms with Gasteiger partial charge in [0.05, 0.1) is 0 Å². The van der Waals surface area contributed by atoms with Crippen molar-refractivity contribution in [3.8, 4) is 0 Å². The van der Waals surface area contributed by atoms with Gasteiger partial charge in [-0.1, -0.05) is 51.1 Å². The van der Waals surface area contributed by atoms with Crippen LogP contribution in [0.3, 0.4) is 0 Å². The highest BCUT2D eigenvalue weighted by atomic mass is 16.5. The predicted molar refractivity (Wildman–Crippen MR) is 73.1 cm³/mol. The van der Waals surface area contributed by atoms with E-state index in [1.165, 1.54) is 11.6 Å². The molecule has 0 radical (unpaired) electrons. The number of esters is 1. The van der Waals surface area contributed by atoms with Gasteiger partial charge in [0.1, 0.15) is 6.61 Å². The lowest BCUT2D eigenvalue weighted by molar-refractivity contribution is -0.139. The van der Waals surface area contributed by atoms with Crippen LogP contribution in [0.1, 0.15) is 31.9 Å². The molecule has 0 saturated carbocycles. The minimum absolute atomic E-state index is 0.138. The molecule has 0 amide bonds. The van der Waals surface area contributed by atoms with Gasteiger partial charge in [-0.2, -0.15) is 0 Å². The Morgan fingerprint density at radius 3 is 2.39 bits per heavy atom. The van der Waals surface area contributed by atoms with E-state index in [1.807, 2.05) is 12.1 Å². The standard InChI is InChI=1S/C15H21NO2/c1-15(2,3)13-8-6-12(7-9-13)11-18-14(17)5-4-10-16/h4-9H,10-11,16H2,1-3H3/b5-4+. The van der Waals surface area contributed by atoms with Gasteiger partial charge >= 0.3 is 5.97 Å². The molecule has 0 aliphatic carbocycles. The van der Waals surface area contributed by atoms with Crippen LogP contribution < -0.4 is 5.73 Å². The van der Waals surface area contributed by atoms with Crippen molar-refractivity contribution in [2.45, 2.75) is 32.8 Å². The second-order valence-electron chi connectivity index (χ2n) is 5.19. The van der Waals surface area contributed by atoms with E-state index in [9.17, 15) is 4.79 Å². The summed E-state index contributed by atoms with van der Waals surface area (Å²) in [6, 6.07) is 8.11. The summed E-state index contributed by atoms with van der Waals surface area (Å²) in [5.74, 6) is -0.361. The lowest BCUT2D eigenvalue weighted by atomic mass is 9.87. The molecule has 2 N–H and O–H groups in total. The fourth-order valence-corrected chi connectivity index (χ4v) is 1.47. The summed E-state index contributed by atoms with van der Waals surface area (Å²) in [4.78, 5) is 11.2. The summed E-state index contributed by atoms with van der Waals surface area (Å²) in [6.45, 7) is 7.13. The molecule has 0 aliphatic heterocycles. The predicted octanol–water partition coefficient (Wildman–Crippen LogP) is 2.54. The van der Waals surface area contributed by atoms with Crippen molar-refractivity contribution in [2.75, 3.05) is 6.54 Å². The molecule has 98 valence electrons. The second kappa shape index (κ2) is 6.36. The third-order valence-electron chi connectivity index (χ3n) is 2.59. The highest BCUT2D eigenvalue weighted by Gasteiger charge is 2.12. The van der Waals surface area contributed by atoms with Crippen LogP contribution in [0.5, 0.6) is 0 Å². The molecule has 0 aliphatic rings. The Labute approximate surface area is 109 Å². The zero-order chi connectivity index (χ0) is 13.6. The number of benzene rings is 1. The third kappa shape index (κ3) is 4.72. The molecule has 1 rings (SSSR count). The number of nitrogens with two attached hydrogens (primary N) is 1. The first-order valence-corrected chi connectivity index (χ1v) is 6.06. The molecule has 0 bridgehead atoms. The van der Waals surface area contributed by atoms with Gasteiger partial charge in [-0.15, -0.1) is 0 Å². The SMILES string of the molecule is CC(C)(C)c1ccc(COC(=O)/C=C/CN)cc1. The van der Waals surface area contributed by atoms with Crippen molar-refractivity contribution in [2.24, 2.45) is 5.73 Å². The van der Waals surface area contributed by atoms with Gasteiger partial charge < -0.3 is 10.5 Å². The summed E-state index contributed by atoms with van der Waals surface area (Å²) < 4.78 is 5.07. The molecule has 0 aromatic heterocycles. The average molecular weight is 247 g/mol. The van der Waals surface area contributed by atoms with E-state index >= 15 is 0 Å². The van der Waals surface area contributed by atoms with E-state index in [2.05, 4.69) is 32.9 Å². The van der Waals surface area contributed by atoms with Gasteiger partial charge in [0.15, 0.2) is 0 Å². The quantitative estimate of drug-likeness (QED) is 0.657. The molecule has 3 heteroatoms. The van der Waals surface area contributed by atoms with Crippen molar-refractivity contribution in [1.82, 2.24) is 0 Å². The summed E-state index contributed by atoms with van der Waals surface area (Å²) in [5.41, 5.74) is 7.63. The number of hydrogen-bond acceptors (Lipinski definition) is 3. The summed E-state index contributed by atoms with van der Waals surface area (Å²) in [6.07, 6.45) is 2.93. The number of carbonyl (C=O) groups is 1. The van der Waals surface area contributed by atoms with Crippen LogP contribution >= 0.6 is 0 Å². The minimum Gasteiger partial charge on any atom is -0.458 e. The van der Waals surface area contributed by atoms with Crippen molar-refractivity contribution >= 4 is 5.97 Å². The molecular formula is C15H21NO2. The fraction of sp³-hybridized carbons (Fsp3) is 0.400. The van der Waals surface area contributed by atoms with E-state index in [0.29, 0.717) is 6.54 Å². The second-order valence-corrected chi connectivity index (χ2v) is 5.19. The van der Waals surface area contributed by atoms with Crippen LogP contribution in [-0.2, 0) is 21.6 Å². The molecule has 0 fully saturated rings. The van der Waals surface area contributed by atoms with Crippen LogP contribution in [0.15, 0.2) is 36.4 Å². The molecule has 0 saturated heterocycles. The summed E-state index contributed by atoms with van der Waals surface area (Å²) in [5, 5.41) is 0. The Balaban J connectivity index is 2.54. The Morgan fingerprint density at radius 2 is 1.89 bits per heavy atom. The lowest BCUT2D eigenvalue weighted by Gasteiger charge is -2.19. The van der Waals surface area contributed by atoms with E-state index in [1.54, 1.807) is 6.08 Å². The zero-order valence-electron chi connectivity index (χ0n) is 11.3. The minimum atomic E-state index is -0.361. The maximum absolute atomic E-state index is 11.2. The van der Waals surface area contributed by atoms with Gasteiger partial charge in [-0.3, -0.25) is 0 Å². The van der Waals surface area contributed by atoms with Crippen molar-refractivity contribution in [1.29, 1.82) is 0 Å². The maximum Gasteiger partial charge on any atom is 0.330 e. The first-order valence-electron chi connectivity index (χ1n) is 6.06. The molecule has 0 spiro atoms. The first-order chi connectivity index (χ1) is 8.43. The molecular weight excluding hydrogens is 226 g/mol. The monoisotopic (exact) mass is 247 g/mol. The molecule has 0 unspecified atom stereocenters. The van der Waals surface area contributed by atoms with Crippen LogP contribution in [0.4, 0.5) is 0 Å². The Kier molecular flexibility index (Phi) is 5.10. The molecule has 1 aromatic rings. The normalized spacial score (nSPS) is 11.8. The number of carbonyl (C=O) groups excluding carboxylic acids is 1. The largest absolute Gasteiger partial charge is 0.458 e. The highest BCUT2D eigenvalue weighted by Crippen LogP contribution is 2.22. The number of rotatable bonds is 4. The third-order valence-corrected chi connectivity index (χ3v) is 2.59. The molecule has 3 nitrogen and oxygen atoms in total. The van der Waals surface area contributed by atoms with Crippen molar-refractivity contribution < 1.29 is 9.53 Å². The first kappa shape index (κ1) is 14.5.